The first-order valence-corrected chi connectivity index (χ1v) is 10.6. The van der Waals surface area contributed by atoms with E-state index in [2.05, 4.69) is 15.0 Å². The lowest BCUT2D eigenvalue weighted by molar-refractivity contribution is -0.384. The lowest BCUT2D eigenvalue weighted by Gasteiger charge is -2.13. The summed E-state index contributed by atoms with van der Waals surface area (Å²) in [5.41, 5.74) is 1.04. The van der Waals surface area contributed by atoms with Crippen LogP contribution in [0.25, 0.3) is 10.9 Å². The quantitative estimate of drug-likeness (QED) is 0.309. The molecule has 31 heavy (non-hydrogen) atoms. The molecule has 0 unspecified atom stereocenters. The minimum absolute atomic E-state index is 0.0834. The number of anilines is 2. The summed E-state index contributed by atoms with van der Waals surface area (Å²) in [6, 6.07) is 18.4. The molecule has 1 aromatic heterocycles. The number of aromatic amines is 1. The molecule has 0 aliphatic heterocycles. The van der Waals surface area contributed by atoms with E-state index in [1.807, 2.05) is 0 Å². The van der Waals surface area contributed by atoms with E-state index in [4.69, 9.17) is 0 Å². The maximum absolute atomic E-state index is 12.9. The van der Waals surface area contributed by atoms with Crippen LogP contribution in [-0.2, 0) is 10.0 Å². The van der Waals surface area contributed by atoms with E-state index in [0.29, 0.717) is 10.9 Å². The molecule has 0 atom stereocenters. The number of amides is 1. The van der Waals surface area contributed by atoms with Crippen molar-refractivity contribution in [2.45, 2.75) is 4.90 Å². The number of hydrogen-bond acceptors (Lipinski definition) is 5. The number of sulfonamides is 1. The number of benzene rings is 3. The third kappa shape index (κ3) is 4.09. The molecule has 4 aromatic rings. The highest BCUT2D eigenvalue weighted by Crippen LogP contribution is 2.27. The van der Waals surface area contributed by atoms with E-state index in [1.165, 1.54) is 42.6 Å². The van der Waals surface area contributed by atoms with Gasteiger partial charge in [-0.15, -0.1) is 0 Å². The van der Waals surface area contributed by atoms with Crippen molar-refractivity contribution in [2.24, 2.45) is 0 Å². The van der Waals surface area contributed by atoms with E-state index in [1.54, 1.807) is 36.4 Å². The molecule has 0 fully saturated rings. The van der Waals surface area contributed by atoms with Gasteiger partial charge in [0.25, 0.3) is 21.6 Å². The molecule has 9 nitrogen and oxygen atoms in total. The van der Waals surface area contributed by atoms with Crippen molar-refractivity contribution in [1.82, 2.24) is 4.98 Å². The van der Waals surface area contributed by atoms with Gasteiger partial charge in [0.05, 0.1) is 26.8 Å². The number of carbonyl (C=O) groups is 1. The normalized spacial score (nSPS) is 11.2. The minimum atomic E-state index is -3.86. The number of hydrogen-bond donors (Lipinski definition) is 3. The van der Waals surface area contributed by atoms with Crippen LogP contribution in [0, 0.1) is 10.1 Å². The third-order valence-corrected chi connectivity index (χ3v) is 5.98. The Labute approximate surface area is 176 Å². The van der Waals surface area contributed by atoms with Crippen LogP contribution in [0.1, 0.15) is 10.4 Å². The van der Waals surface area contributed by atoms with Gasteiger partial charge in [-0.05, 0) is 30.3 Å². The van der Waals surface area contributed by atoms with E-state index in [9.17, 15) is 23.3 Å². The lowest BCUT2D eigenvalue weighted by atomic mass is 10.1. The van der Waals surface area contributed by atoms with Crippen LogP contribution in [-0.4, -0.2) is 24.2 Å². The Bertz CT molecular complexity index is 1400. The van der Waals surface area contributed by atoms with Gasteiger partial charge in [0, 0.05) is 29.2 Å². The van der Waals surface area contributed by atoms with Gasteiger partial charge < -0.3 is 10.3 Å². The average molecular weight is 436 g/mol. The van der Waals surface area contributed by atoms with Crippen molar-refractivity contribution < 1.29 is 18.1 Å². The fourth-order valence-corrected chi connectivity index (χ4v) is 4.18. The van der Waals surface area contributed by atoms with Crippen LogP contribution >= 0.6 is 0 Å². The Morgan fingerprint density at radius 3 is 2.32 bits per heavy atom. The maximum Gasteiger partial charge on any atom is 0.270 e. The summed E-state index contributed by atoms with van der Waals surface area (Å²) in [5.74, 6) is -0.543. The molecule has 0 radical (unpaired) electrons. The van der Waals surface area contributed by atoms with E-state index >= 15 is 0 Å². The number of carbonyl (C=O) groups excluding carboxylic acids is 1. The first-order valence-electron chi connectivity index (χ1n) is 9.09. The molecule has 3 N–H and O–H groups in total. The molecule has 1 heterocycles. The second kappa shape index (κ2) is 7.92. The van der Waals surface area contributed by atoms with Crippen LogP contribution < -0.4 is 10.0 Å². The number of fused-ring (bicyclic) bond motifs is 1. The number of rotatable bonds is 6. The molecule has 0 aliphatic carbocycles. The number of nitro groups is 1. The van der Waals surface area contributed by atoms with Crippen molar-refractivity contribution in [3.05, 3.63) is 94.7 Å². The summed E-state index contributed by atoms with van der Waals surface area (Å²) in [6.07, 6.45) is 1.44. The predicted octanol–water partition coefficient (Wildman–Crippen LogP) is 4.13. The van der Waals surface area contributed by atoms with E-state index in [-0.39, 0.29) is 27.5 Å². The molecule has 1 amide bonds. The number of nitrogens with zero attached hydrogens (tertiary/aromatic N) is 1. The second-order valence-corrected chi connectivity index (χ2v) is 8.29. The molecule has 4 rings (SSSR count). The van der Waals surface area contributed by atoms with Gasteiger partial charge in [-0.2, -0.15) is 0 Å². The number of H-pyrrole nitrogens is 1. The summed E-state index contributed by atoms with van der Waals surface area (Å²) in [7, 11) is -3.86. The summed E-state index contributed by atoms with van der Waals surface area (Å²) >= 11 is 0. The zero-order chi connectivity index (χ0) is 22.0. The Morgan fingerprint density at radius 2 is 1.61 bits per heavy atom. The molecule has 3 aromatic carbocycles. The second-order valence-electron chi connectivity index (χ2n) is 6.61. The zero-order valence-corrected chi connectivity index (χ0v) is 16.7. The van der Waals surface area contributed by atoms with Gasteiger partial charge in [-0.1, -0.05) is 30.3 Å². The Hall–Kier alpha value is -4.18. The van der Waals surface area contributed by atoms with Crippen LogP contribution in [0.5, 0.6) is 0 Å². The Balaban J connectivity index is 1.64. The van der Waals surface area contributed by atoms with Gasteiger partial charge in [-0.3, -0.25) is 19.6 Å². The maximum atomic E-state index is 12.9. The highest BCUT2D eigenvalue weighted by atomic mass is 32.2. The van der Waals surface area contributed by atoms with Crippen LogP contribution in [0.2, 0.25) is 0 Å². The summed E-state index contributed by atoms with van der Waals surface area (Å²) in [6.45, 7) is 0. The van der Waals surface area contributed by atoms with Gasteiger partial charge >= 0.3 is 0 Å². The first-order chi connectivity index (χ1) is 14.8. The number of aromatic nitrogens is 1. The van der Waals surface area contributed by atoms with Crippen LogP contribution in [0.3, 0.4) is 0 Å². The molecule has 0 aliphatic rings. The average Bonchev–Trinajstić information content (AvgIpc) is 3.19. The van der Waals surface area contributed by atoms with Crippen LogP contribution in [0.15, 0.2) is 83.9 Å². The zero-order valence-electron chi connectivity index (χ0n) is 15.9. The lowest BCUT2D eigenvalue weighted by Crippen LogP contribution is -2.17. The van der Waals surface area contributed by atoms with Gasteiger partial charge in [-0.25, -0.2) is 8.42 Å². The number of non-ortho nitro benzene ring substituents is 1. The van der Waals surface area contributed by atoms with Gasteiger partial charge in [0.1, 0.15) is 0 Å². The van der Waals surface area contributed by atoms with Crippen molar-refractivity contribution in [1.29, 1.82) is 0 Å². The standard InChI is InChI=1S/C21H16N4O5S/c26-21(17-13-22-18-11-10-14(25(27)28)12-16(17)18)23-19-8-4-5-9-20(19)24-31(29,30)15-6-2-1-3-7-15/h1-13,22,24H,(H,23,26). The molecule has 0 bridgehead atoms. The monoisotopic (exact) mass is 436 g/mol. The van der Waals surface area contributed by atoms with E-state index in [0.717, 1.165) is 0 Å². The molecule has 0 saturated heterocycles. The van der Waals surface area contributed by atoms with E-state index < -0.39 is 20.9 Å². The molecular formula is C21H16N4O5S. The summed E-state index contributed by atoms with van der Waals surface area (Å²) in [4.78, 5) is 26.4. The summed E-state index contributed by atoms with van der Waals surface area (Å²) < 4.78 is 27.8. The van der Waals surface area contributed by atoms with Gasteiger partial charge in [0.15, 0.2) is 0 Å². The fourth-order valence-electron chi connectivity index (χ4n) is 3.08. The molecule has 0 saturated carbocycles. The number of para-hydroxylation sites is 2. The predicted molar refractivity (Wildman–Crippen MR) is 117 cm³/mol. The number of nitro benzene ring substituents is 1. The van der Waals surface area contributed by atoms with Crippen molar-refractivity contribution in [3.63, 3.8) is 0 Å². The molecule has 156 valence electrons. The largest absolute Gasteiger partial charge is 0.360 e. The van der Waals surface area contributed by atoms with Crippen molar-refractivity contribution in [2.75, 3.05) is 10.0 Å². The Kier molecular flexibility index (Phi) is 5.14. The molecular weight excluding hydrogens is 420 g/mol. The van der Waals surface area contributed by atoms with Crippen molar-refractivity contribution in [3.8, 4) is 0 Å². The first kappa shape index (κ1) is 20.1. The summed E-state index contributed by atoms with van der Waals surface area (Å²) in [5, 5.41) is 14.1. The fraction of sp³-hybridized carbons (Fsp3) is 0. The number of nitrogens with one attached hydrogen (secondary N) is 3. The molecule has 0 spiro atoms. The highest BCUT2D eigenvalue weighted by Gasteiger charge is 2.19. The molecule has 10 heteroatoms. The van der Waals surface area contributed by atoms with Gasteiger partial charge in [0.2, 0.25) is 0 Å². The van der Waals surface area contributed by atoms with Crippen LogP contribution in [0.4, 0.5) is 17.1 Å². The smallest absolute Gasteiger partial charge is 0.270 e. The highest BCUT2D eigenvalue weighted by molar-refractivity contribution is 7.92. The third-order valence-electron chi connectivity index (χ3n) is 4.59. The Morgan fingerprint density at radius 1 is 0.935 bits per heavy atom. The minimum Gasteiger partial charge on any atom is -0.360 e. The topological polar surface area (TPSA) is 134 Å². The SMILES string of the molecule is O=C(Nc1ccccc1NS(=O)(=O)c1ccccc1)c1c[nH]c2ccc([N+](=O)[O-])cc12. The van der Waals surface area contributed by atoms with Crippen molar-refractivity contribution >= 4 is 43.9 Å².